The Labute approximate surface area is 380 Å². The molecule has 0 aliphatic heterocycles. The third kappa shape index (κ3) is 12.6. The first-order valence-corrected chi connectivity index (χ1v) is 22.1. The van der Waals surface area contributed by atoms with Gasteiger partial charge in [0.05, 0.1) is 23.5 Å². The van der Waals surface area contributed by atoms with Crippen LogP contribution in [0, 0.1) is 19.8 Å². The number of fused-ring (bicyclic) bond motifs is 1. The molecule has 2 atom stereocenters. The summed E-state index contributed by atoms with van der Waals surface area (Å²) in [6.45, 7) is 13.9. The molecule has 6 rings (SSSR count). The molecule has 6 aromatic rings. The van der Waals surface area contributed by atoms with E-state index in [0.717, 1.165) is 33.4 Å². The van der Waals surface area contributed by atoms with Crippen LogP contribution in [0.2, 0.25) is 5.02 Å². The number of halogens is 1. The van der Waals surface area contributed by atoms with E-state index in [1.165, 1.54) is 0 Å². The summed E-state index contributed by atoms with van der Waals surface area (Å²) in [5, 5.41) is 6.68. The molecule has 0 aliphatic rings. The summed E-state index contributed by atoms with van der Waals surface area (Å²) in [7, 11) is 0. The molecule has 2 unspecified atom stereocenters. The van der Waals surface area contributed by atoms with E-state index < -0.39 is 29.9 Å². The van der Waals surface area contributed by atoms with E-state index >= 15 is 4.79 Å². The number of hydrogen-bond acceptors (Lipinski definition) is 7. The molecule has 3 amide bonds. The highest BCUT2D eigenvalue weighted by atomic mass is 35.5. The Bertz CT molecular complexity index is 2610. The molecular formula is C52H58ClN5O6. The third-order valence-electron chi connectivity index (χ3n) is 10.7. The highest BCUT2D eigenvalue weighted by molar-refractivity contribution is 6.31. The average molecular weight is 885 g/mol. The van der Waals surface area contributed by atoms with E-state index in [9.17, 15) is 14.4 Å². The topological polar surface area (TPSA) is 132 Å². The van der Waals surface area contributed by atoms with Gasteiger partial charge in [0.1, 0.15) is 18.0 Å². The van der Waals surface area contributed by atoms with Gasteiger partial charge in [-0.25, -0.2) is 14.6 Å². The molecule has 1 heterocycles. The van der Waals surface area contributed by atoms with Crippen LogP contribution in [0.15, 0.2) is 126 Å². The van der Waals surface area contributed by atoms with Crippen LogP contribution < -0.4 is 16.2 Å². The van der Waals surface area contributed by atoms with Gasteiger partial charge in [-0.2, -0.15) is 0 Å². The van der Waals surface area contributed by atoms with E-state index in [1.807, 2.05) is 131 Å². The molecule has 2 N–H and O–H groups in total. The van der Waals surface area contributed by atoms with Crippen molar-refractivity contribution in [2.24, 2.45) is 5.92 Å². The molecule has 0 radical (unpaired) electrons. The van der Waals surface area contributed by atoms with Crippen LogP contribution in [0.5, 0.6) is 0 Å². The van der Waals surface area contributed by atoms with Crippen LogP contribution in [-0.4, -0.2) is 57.3 Å². The molecular weight excluding hydrogens is 826 g/mol. The first kappa shape index (κ1) is 47.0. The number of hydrogen-bond donors (Lipinski definition) is 2. The van der Waals surface area contributed by atoms with Gasteiger partial charge in [-0.15, -0.1) is 0 Å². The molecule has 0 saturated carbocycles. The number of alkyl carbamates (subject to hydrolysis) is 2. The zero-order chi connectivity index (χ0) is 46.0. The lowest BCUT2D eigenvalue weighted by atomic mass is 9.93. The quantitative estimate of drug-likeness (QED) is 0.0925. The van der Waals surface area contributed by atoms with Crippen LogP contribution in [0.1, 0.15) is 91.9 Å². The van der Waals surface area contributed by atoms with Crippen molar-refractivity contribution in [2.75, 3.05) is 13.1 Å². The van der Waals surface area contributed by atoms with Crippen LogP contribution in [0.25, 0.3) is 22.0 Å². The lowest BCUT2D eigenvalue weighted by molar-refractivity contribution is 0.0431. The van der Waals surface area contributed by atoms with Crippen molar-refractivity contribution in [1.29, 1.82) is 0 Å². The number of aromatic nitrogens is 2. The lowest BCUT2D eigenvalue weighted by Gasteiger charge is -2.38. The second-order valence-electron chi connectivity index (χ2n) is 17.5. The van der Waals surface area contributed by atoms with Gasteiger partial charge in [-0.3, -0.25) is 14.2 Å². The average Bonchev–Trinajstić information content (AvgIpc) is 3.25. The van der Waals surface area contributed by atoms with Gasteiger partial charge < -0.3 is 25.0 Å². The Morgan fingerprint density at radius 1 is 0.812 bits per heavy atom. The molecule has 0 fully saturated rings. The molecule has 5 aromatic carbocycles. The predicted octanol–water partition coefficient (Wildman–Crippen LogP) is 10.8. The van der Waals surface area contributed by atoms with Crippen molar-refractivity contribution < 1.29 is 23.9 Å². The van der Waals surface area contributed by atoms with Gasteiger partial charge in [0.25, 0.3) is 11.5 Å². The smallest absolute Gasteiger partial charge is 0.407 e. The fraction of sp³-hybridized carbons (Fsp3) is 0.327. The zero-order valence-corrected chi connectivity index (χ0v) is 38.4. The normalized spacial score (nSPS) is 12.4. The lowest BCUT2D eigenvalue weighted by Crippen LogP contribution is -2.50. The van der Waals surface area contributed by atoms with Crippen LogP contribution >= 0.6 is 11.6 Å². The van der Waals surface area contributed by atoms with Gasteiger partial charge in [0.15, 0.2) is 0 Å². The maximum atomic E-state index is 15.7. The number of rotatable bonds is 16. The van der Waals surface area contributed by atoms with Gasteiger partial charge in [-0.1, -0.05) is 134 Å². The number of amides is 3. The molecule has 0 spiro atoms. The Hall–Kier alpha value is -6.46. The Balaban J connectivity index is 1.45. The molecule has 334 valence electrons. The fourth-order valence-electron chi connectivity index (χ4n) is 7.68. The Morgan fingerprint density at radius 2 is 1.47 bits per heavy atom. The molecule has 11 nitrogen and oxygen atoms in total. The highest BCUT2D eigenvalue weighted by Crippen LogP contribution is 2.34. The summed E-state index contributed by atoms with van der Waals surface area (Å²) in [5.41, 5.74) is 5.18. The van der Waals surface area contributed by atoms with E-state index in [2.05, 4.69) is 10.6 Å². The minimum Gasteiger partial charge on any atom is -0.445 e. The molecule has 12 heteroatoms. The van der Waals surface area contributed by atoms with Crippen molar-refractivity contribution in [2.45, 2.75) is 92.1 Å². The number of nitrogens with zero attached hydrogens (tertiary/aromatic N) is 3. The summed E-state index contributed by atoms with van der Waals surface area (Å²) < 4.78 is 12.8. The fourth-order valence-corrected chi connectivity index (χ4v) is 7.85. The number of carbonyl (C=O) groups excluding carboxylic acids is 3. The minimum absolute atomic E-state index is 0.00458. The highest BCUT2D eigenvalue weighted by Gasteiger charge is 2.36. The van der Waals surface area contributed by atoms with E-state index in [0.29, 0.717) is 40.2 Å². The van der Waals surface area contributed by atoms with Gasteiger partial charge in [0.2, 0.25) is 0 Å². The van der Waals surface area contributed by atoms with Crippen LogP contribution in [0.4, 0.5) is 9.59 Å². The van der Waals surface area contributed by atoms with Crippen molar-refractivity contribution in [3.63, 3.8) is 0 Å². The molecule has 1 aromatic heterocycles. The monoisotopic (exact) mass is 883 g/mol. The number of aryl methyl sites for hydroxylation is 2. The molecule has 0 bridgehead atoms. The van der Waals surface area contributed by atoms with E-state index in [4.69, 9.17) is 26.1 Å². The van der Waals surface area contributed by atoms with Crippen molar-refractivity contribution in [3.05, 3.63) is 170 Å². The van der Waals surface area contributed by atoms with E-state index in [1.54, 1.807) is 48.4 Å². The SMILES string of the molecule is Cc1ccc(-c2cc(C)ccc2C(=O)N(CC(CCCNC(=O)OCc2ccccc2)NC(=O)OC(C)(C)C)C(c2nc3cc(Cl)ccc3c(=O)n2Cc2ccccc2)C(C)C)cc1. The third-order valence-corrected chi connectivity index (χ3v) is 11.0. The van der Waals surface area contributed by atoms with Crippen LogP contribution in [0.3, 0.4) is 0 Å². The predicted molar refractivity (Wildman–Crippen MR) is 254 cm³/mol. The second-order valence-corrected chi connectivity index (χ2v) is 18.0. The number of benzene rings is 5. The number of carbonyl (C=O) groups is 3. The first-order valence-electron chi connectivity index (χ1n) is 21.7. The number of ether oxygens (including phenoxy) is 2. The Kier molecular flexibility index (Phi) is 15.6. The summed E-state index contributed by atoms with van der Waals surface area (Å²) in [6, 6.07) is 36.4. The van der Waals surface area contributed by atoms with Crippen molar-refractivity contribution >= 4 is 40.6 Å². The summed E-state index contributed by atoms with van der Waals surface area (Å²) in [4.78, 5) is 63.7. The second kappa shape index (κ2) is 21.3. The maximum absolute atomic E-state index is 15.7. The molecule has 0 saturated heterocycles. The van der Waals surface area contributed by atoms with Gasteiger partial charge >= 0.3 is 12.2 Å². The van der Waals surface area contributed by atoms with Gasteiger partial charge in [-0.05, 0) is 99.9 Å². The minimum atomic E-state index is -0.802. The zero-order valence-electron chi connectivity index (χ0n) is 37.7. The molecule has 0 aliphatic carbocycles. The first-order chi connectivity index (χ1) is 30.6. The molecule has 64 heavy (non-hydrogen) atoms. The van der Waals surface area contributed by atoms with Crippen molar-refractivity contribution in [3.8, 4) is 11.1 Å². The largest absolute Gasteiger partial charge is 0.445 e. The summed E-state index contributed by atoms with van der Waals surface area (Å²) in [5.74, 6) is -0.250. The van der Waals surface area contributed by atoms with Crippen LogP contribution in [-0.2, 0) is 22.6 Å². The van der Waals surface area contributed by atoms with E-state index in [-0.39, 0.29) is 43.6 Å². The summed E-state index contributed by atoms with van der Waals surface area (Å²) in [6.07, 6.45) is -0.474. The standard InChI is InChI=1S/C52H58ClN5O6/c1-34(2)46(47-56-45-30-40(53)25-27-43(45)49(60)58(47)31-37-15-10-8-11-16-37)57(48(59)42-26-22-36(4)29-44(42)39-23-20-35(3)21-24-39)32-41(55-51(62)64-52(5,6)7)19-14-28-54-50(61)63-33-38-17-12-9-13-18-38/h8-13,15-18,20-27,29-30,34,41,46H,14,19,28,31-33H2,1-7H3,(H,54,61)(H,55,62). The maximum Gasteiger partial charge on any atom is 0.407 e. The van der Waals surface area contributed by atoms with Gasteiger partial charge in [0, 0.05) is 29.7 Å². The summed E-state index contributed by atoms with van der Waals surface area (Å²) >= 11 is 6.52. The Morgan fingerprint density at radius 3 is 2.12 bits per heavy atom. The van der Waals surface area contributed by atoms with Crippen molar-refractivity contribution in [1.82, 2.24) is 25.1 Å². The number of nitrogens with one attached hydrogen (secondary N) is 2.